The summed E-state index contributed by atoms with van der Waals surface area (Å²) in [7, 11) is 0. The number of rotatable bonds is 3. The van der Waals surface area contributed by atoms with Crippen LogP contribution in [-0.4, -0.2) is 33.9 Å². The first-order valence-corrected chi connectivity index (χ1v) is 8.43. The Morgan fingerprint density at radius 3 is 2.33 bits per heavy atom. The summed E-state index contributed by atoms with van der Waals surface area (Å²) < 4.78 is 0. The van der Waals surface area contributed by atoms with Gasteiger partial charge in [0.25, 0.3) is 5.91 Å². The maximum atomic E-state index is 12.3. The van der Waals surface area contributed by atoms with E-state index in [-0.39, 0.29) is 11.3 Å². The molecule has 5 nitrogen and oxygen atoms in total. The SMILES string of the molecule is CC(C)(C)c1ccccc1Nc1ncc(C(=O)N2CCCC2)cn1. The van der Waals surface area contributed by atoms with Gasteiger partial charge in [-0.25, -0.2) is 9.97 Å². The molecule has 0 saturated carbocycles. The zero-order chi connectivity index (χ0) is 17.2. The number of hydrogen-bond acceptors (Lipinski definition) is 4. The lowest BCUT2D eigenvalue weighted by molar-refractivity contribution is 0.0792. The molecule has 0 spiro atoms. The van der Waals surface area contributed by atoms with Gasteiger partial charge in [0.2, 0.25) is 5.95 Å². The van der Waals surface area contributed by atoms with Crippen molar-refractivity contribution in [1.29, 1.82) is 0 Å². The average molecular weight is 324 g/mol. The van der Waals surface area contributed by atoms with Crippen molar-refractivity contribution < 1.29 is 4.79 Å². The van der Waals surface area contributed by atoms with Gasteiger partial charge in [0.1, 0.15) is 0 Å². The Hall–Kier alpha value is -2.43. The molecule has 1 aliphatic heterocycles. The van der Waals surface area contributed by atoms with Gasteiger partial charge in [-0.3, -0.25) is 4.79 Å². The lowest BCUT2D eigenvalue weighted by atomic mass is 9.86. The molecule has 5 heteroatoms. The lowest BCUT2D eigenvalue weighted by Gasteiger charge is -2.23. The van der Waals surface area contributed by atoms with Crippen LogP contribution < -0.4 is 5.32 Å². The molecule has 24 heavy (non-hydrogen) atoms. The molecule has 1 aromatic carbocycles. The first-order valence-electron chi connectivity index (χ1n) is 8.43. The molecule has 0 atom stereocenters. The molecule has 0 unspecified atom stereocenters. The number of hydrogen-bond donors (Lipinski definition) is 1. The van der Waals surface area contributed by atoms with Crippen molar-refractivity contribution in [2.45, 2.75) is 39.0 Å². The van der Waals surface area contributed by atoms with Crippen LogP contribution in [-0.2, 0) is 5.41 Å². The molecule has 3 rings (SSSR count). The second-order valence-electron chi connectivity index (χ2n) is 7.22. The number of nitrogens with one attached hydrogen (secondary N) is 1. The van der Waals surface area contributed by atoms with Crippen molar-refractivity contribution in [3.63, 3.8) is 0 Å². The van der Waals surface area contributed by atoms with Crippen molar-refractivity contribution in [2.24, 2.45) is 0 Å². The molecule has 2 aromatic rings. The van der Waals surface area contributed by atoms with Crippen LogP contribution in [0.2, 0.25) is 0 Å². The first-order chi connectivity index (χ1) is 11.4. The Labute approximate surface area is 143 Å². The molecule has 1 aromatic heterocycles. The van der Waals surface area contributed by atoms with Crippen LogP contribution in [0.1, 0.15) is 49.5 Å². The van der Waals surface area contributed by atoms with Gasteiger partial charge in [0, 0.05) is 31.2 Å². The van der Waals surface area contributed by atoms with E-state index in [0.29, 0.717) is 11.5 Å². The van der Waals surface area contributed by atoms with Gasteiger partial charge in [-0.1, -0.05) is 39.0 Å². The van der Waals surface area contributed by atoms with Gasteiger partial charge in [-0.15, -0.1) is 0 Å². The number of nitrogens with zero attached hydrogens (tertiary/aromatic N) is 3. The summed E-state index contributed by atoms with van der Waals surface area (Å²) in [5, 5.41) is 3.27. The average Bonchev–Trinajstić information content (AvgIpc) is 3.09. The molecule has 2 heterocycles. The van der Waals surface area contributed by atoms with Crippen LogP contribution >= 0.6 is 0 Å². The first kappa shape index (κ1) is 16.4. The van der Waals surface area contributed by atoms with Crippen LogP contribution in [0.15, 0.2) is 36.7 Å². The lowest BCUT2D eigenvalue weighted by Crippen LogP contribution is -2.27. The number of benzene rings is 1. The van der Waals surface area contributed by atoms with E-state index in [2.05, 4.69) is 42.1 Å². The smallest absolute Gasteiger partial charge is 0.256 e. The number of aromatic nitrogens is 2. The third-order valence-corrected chi connectivity index (χ3v) is 4.27. The largest absolute Gasteiger partial charge is 0.339 e. The van der Waals surface area contributed by atoms with Crippen molar-refractivity contribution in [3.8, 4) is 0 Å². The van der Waals surface area contributed by atoms with Crippen LogP contribution in [0.3, 0.4) is 0 Å². The highest BCUT2D eigenvalue weighted by Gasteiger charge is 2.21. The Morgan fingerprint density at radius 1 is 1.08 bits per heavy atom. The van der Waals surface area contributed by atoms with Crippen molar-refractivity contribution in [2.75, 3.05) is 18.4 Å². The fourth-order valence-corrected chi connectivity index (χ4v) is 2.97. The predicted octanol–water partition coefficient (Wildman–Crippen LogP) is 3.75. The zero-order valence-electron chi connectivity index (χ0n) is 14.5. The summed E-state index contributed by atoms with van der Waals surface area (Å²) in [4.78, 5) is 22.8. The molecule has 126 valence electrons. The fraction of sp³-hybridized carbons (Fsp3) is 0.421. The molecule has 1 fully saturated rings. The molecule has 1 amide bonds. The van der Waals surface area contributed by atoms with E-state index in [1.165, 1.54) is 5.56 Å². The zero-order valence-corrected chi connectivity index (χ0v) is 14.5. The summed E-state index contributed by atoms with van der Waals surface area (Å²) in [5.74, 6) is 0.527. The highest BCUT2D eigenvalue weighted by molar-refractivity contribution is 5.93. The highest BCUT2D eigenvalue weighted by atomic mass is 16.2. The summed E-state index contributed by atoms with van der Waals surface area (Å²) in [6, 6.07) is 8.15. The Morgan fingerprint density at radius 2 is 1.71 bits per heavy atom. The van der Waals surface area contributed by atoms with Crippen molar-refractivity contribution in [1.82, 2.24) is 14.9 Å². The normalized spacial score (nSPS) is 14.7. The van der Waals surface area contributed by atoms with Crippen molar-refractivity contribution in [3.05, 3.63) is 47.8 Å². The van der Waals surface area contributed by atoms with Crippen LogP contribution in [0, 0.1) is 0 Å². The summed E-state index contributed by atoms with van der Waals surface area (Å²) in [6.07, 6.45) is 5.37. The number of para-hydroxylation sites is 1. The van der Waals surface area contributed by atoms with E-state index in [4.69, 9.17) is 0 Å². The molecule has 1 N–H and O–H groups in total. The second kappa shape index (κ2) is 6.59. The number of likely N-dealkylation sites (tertiary alicyclic amines) is 1. The van der Waals surface area contributed by atoms with Gasteiger partial charge < -0.3 is 10.2 Å². The molecule has 1 aliphatic rings. The molecule has 1 saturated heterocycles. The van der Waals surface area contributed by atoms with Gasteiger partial charge in [-0.05, 0) is 29.9 Å². The van der Waals surface area contributed by atoms with Crippen LogP contribution in [0.25, 0.3) is 0 Å². The monoisotopic (exact) mass is 324 g/mol. The topological polar surface area (TPSA) is 58.1 Å². The van der Waals surface area contributed by atoms with E-state index in [1.807, 2.05) is 23.1 Å². The third-order valence-electron chi connectivity index (χ3n) is 4.27. The van der Waals surface area contributed by atoms with Crippen LogP contribution in [0.5, 0.6) is 0 Å². The van der Waals surface area contributed by atoms with Gasteiger partial charge >= 0.3 is 0 Å². The molecular weight excluding hydrogens is 300 g/mol. The summed E-state index contributed by atoms with van der Waals surface area (Å²) >= 11 is 0. The molecular formula is C19H24N4O. The van der Waals surface area contributed by atoms with Gasteiger partial charge in [0.15, 0.2) is 0 Å². The molecule has 0 radical (unpaired) electrons. The Balaban J connectivity index is 1.76. The standard InChI is InChI=1S/C19H24N4O/c1-19(2,3)15-8-4-5-9-16(15)22-18-20-12-14(13-21-18)17(24)23-10-6-7-11-23/h4-5,8-9,12-13H,6-7,10-11H2,1-3H3,(H,20,21,22). The quantitative estimate of drug-likeness (QED) is 0.934. The second-order valence-corrected chi connectivity index (χ2v) is 7.22. The third kappa shape index (κ3) is 3.55. The minimum Gasteiger partial charge on any atom is -0.339 e. The maximum absolute atomic E-state index is 12.3. The number of anilines is 2. The highest BCUT2D eigenvalue weighted by Crippen LogP contribution is 2.30. The Bertz CT molecular complexity index is 713. The summed E-state index contributed by atoms with van der Waals surface area (Å²) in [6.45, 7) is 8.18. The fourth-order valence-electron chi connectivity index (χ4n) is 2.97. The molecule has 0 aliphatic carbocycles. The minimum absolute atomic E-state index is 0.0224. The predicted molar refractivity (Wildman–Crippen MR) is 95.6 cm³/mol. The van der Waals surface area contributed by atoms with Gasteiger partial charge in [-0.2, -0.15) is 0 Å². The van der Waals surface area contributed by atoms with E-state index >= 15 is 0 Å². The minimum atomic E-state index is 0.0224. The van der Waals surface area contributed by atoms with Gasteiger partial charge in [0.05, 0.1) is 5.56 Å². The maximum Gasteiger partial charge on any atom is 0.256 e. The number of amides is 1. The Kier molecular flexibility index (Phi) is 4.51. The van der Waals surface area contributed by atoms with E-state index in [0.717, 1.165) is 31.6 Å². The van der Waals surface area contributed by atoms with E-state index in [9.17, 15) is 4.79 Å². The van der Waals surface area contributed by atoms with Crippen molar-refractivity contribution >= 4 is 17.5 Å². The summed E-state index contributed by atoms with van der Waals surface area (Å²) in [5.41, 5.74) is 2.76. The van der Waals surface area contributed by atoms with E-state index in [1.54, 1.807) is 12.4 Å². The van der Waals surface area contributed by atoms with E-state index < -0.39 is 0 Å². The molecule has 0 bridgehead atoms. The number of carbonyl (C=O) groups is 1. The van der Waals surface area contributed by atoms with Crippen LogP contribution in [0.4, 0.5) is 11.6 Å². The number of carbonyl (C=O) groups excluding carboxylic acids is 1.